The Morgan fingerprint density at radius 3 is 2.24 bits per heavy atom. The summed E-state index contributed by atoms with van der Waals surface area (Å²) in [5.41, 5.74) is 0. The second-order valence-corrected chi connectivity index (χ2v) is 3.83. The molecule has 4 heteroatoms. The quantitative estimate of drug-likeness (QED) is 0.899. The molecule has 0 aliphatic carbocycles. The van der Waals surface area contributed by atoms with Crippen LogP contribution in [0.1, 0.15) is 0 Å². The van der Waals surface area contributed by atoms with E-state index in [1.54, 1.807) is 43.5 Å². The standard InChI is InChI=1S/C13H11ClO3/c1-16-10-3-5-11(6-4-10)17-13-7-2-9(14)8-12(13)15/h2-8,15H,1H3. The summed E-state index contributed by atoms with van der Waals surface area (Å²) in [6.45, 7) is 0. The Hall–Kier alpha value is -1.87. The van der Waals surface area contributed by atoms with E-state index in [1.807, 2.05) is 0 Å². The largest absolute Gasteiger partial charge is 0.504 e. The molecular weight excluding hydrogens is 240 g/mol. The number of rotatable bonds is 3. The number of hydrogen-bond donors (Lipinski definition) is 1. The molecule has 3 nitrogen and oxygen atoms in total. The maximum absolute atomic E-state index is 9.62. The van der Waals surface area contributed by atoms with Crippen molar-refractivity contribution in [1.82, 2.24) is 0 Å². The van der Waals surface area contributed by atoms with Gasteiger partial charge in [-0.3, -0.25) is 0 Å². The third-order valence-corrected chi connectivity index (χ3v) is 2.44. The molecule has 0 atom stereocenters. The fraction of sp³-hybridized carbons (Fsp3) is 0.0769. The Morgan fingerprint density at radius 2 is 1.65 bits per heavy atom. The molecule has 0 saturated heterocycles. The van der Waals surface area contributed by atoms with Crippen molar-refractivity contribution in [3.63, 3.8) is 0 Å². The second-order valence-electron chi connectivity index (χ2n) is 3.39. The van der Waals surface area contributed by atoms with E-state index in [0.717, 1.165) is 5.75 Å². The summed E-state index contributed by atoms with van der Waals surface area (Å²) < 4.78 is 10.5. The van der Waals surface area contributed by atoms with Gasteiger partial charge in [0.15, 0.2) is 11.5 Å². The van der Waals surface area contributed by atoms with Gasteiger partial charge in [-0.15, -0.1) is 0 Å². The fourth-order valence-electron chi connectivity index (χ4n) is 1.35. The van der Waals surface area contributed by atoms with E-state index in [9.17, 15) is 5.11 Å². The highest BCUT2D eigenvalue weighted by Gasteiger charge is 2.04. The molecule has 0 radical (unpaired) electrons. The molecule has 0 spiro atoms. The molecule has 0 unspecified atom stereocenters. The predicted octanol–water partition coefficient (Wildman–Crippen LogP) is 3.85. The molecule has 0 heterocycles. The van der Waals surface area contributed by atoms with E-state index in [-0.39, 0.29) is 5.75 Å². The number of methoxy groups -OCH3 is 1. The Kier molecular flexibility index (Phi) is 3.40. The first-order valence-corrected chi connectivity index (χ1v) is 5.37. The van der Waals surface area contributed by atoms with Gasteiger partial charge in [0.05, 0.1) is 7.11 Å². The third kappa shape index (κ3) is 2.82. The van der Waals surface area contributed by atoms with Crippen LogP contribution in [0.15, 0.2) is 42.5 Å². The van der Waals surface area contributed by atoms with Crippen molar-refractivity contribution in [2.45, 2.75) is 0 Å². The molecule has 2 aromatic carbocycles. The van der Waals surface area contributed by atoms with Gasteiger partial charge < -0.3 is 14.6 Å². The number of phenols is 1. The number of halogens is 1. The molecule has 0 amide bonds. The first-order chi connectivity index (χ1) is 8.19. The first kappa shape index (κ1) is 11.6. The van der Waals surface area contributed by atoms with E-state index in [2.05, 4.69) is 0 Å². The number of aromatic hydroxyl groups is 1. The van der Waals surface area contributed by atoms with Crippen LogP contribution in [-0.4, -0.2) is 12.2 Å². The summed E-state index contributed by atoms with van der Waals surface area (Å²) in [6, 6.07) is 11.8. The van der Waals surface area contributed by atoms with Crippen LogP contribution in [0.5, 0.6) is 23.0 Å². The SMILES string of the molecule is COc1ccc(Oc2ccc(Cl)cc2O)cc1. The molecule has 0 bridgehead atoms. The van der Waals surface area contributed by atoms with Gasteiger partial charge in [-0.05, 0) is 36.4 Å². The Morgan fingerprint density at radius 1 is 1.00 bits per heavy atom. The van der Waals surface area contributed by atoms with Gasteiger partial charge in [-0.1, -0.05) is 11.6 Å². The van der Waals surface area contributed by atoms with E-state index in [4.69, 9.17) is 21.1 Å². The lowest BCUT2D eigenvalue weighted by Crippen LogP contribution is -1.86. The normalized spacial score (nSPS) is 10.0. The molecule has 1 N–H and O–H groups in total. The Labute approximate surface area is 104 Å². The maximum Gasteiger partial charge on any atom is 0.169 e. The molecule has 0 aliphatic rings. The summed E-state index contributed by atoms with van der Waals surface area (Å²) >= 11 is 5.73. The number of benzene rings is 2. The highest BCUT2D eigenvalue weighted by Crippen LogP contribution is 2.33. The summed E-state index contributed by atoms with van der Waals surface area (Å²) in [7, 11) is 1.60. The fourth-order valence-corrected chi connectivity index (χ4v) is 1.51. The minimum atomic E-state index is 0.00770. The minimum Gasteiger partial charge on any atom is -0.504 e. The lowest BCUT2D eigenvalue weighted by Gasteiger charge is -2.08. The van der Waals surface area contributed by atoms with Gasteiger partial charge in [-0.2, -0.15) is 0 Å². The second kappa shape index (κ2) is 4.97. The van der Waals surface area contributed by atoms with Crippen LogP contribution in [0.3, 0.4) is 0 Å². The lowest BCUT2D eigenvalue weighted by atomic mass is 10.3. The molecule has 17 heavy (non-hydrogen) atoms. The van der Waals surface area contributed by atoms with Gasteiger partial charge >= 0.3 is 0 Å². The third-order valence-electron chi connectivity index (χ3n) is 2.21. The van der Waals surface area contributed by atoms with Gasteiger partial charge in [0, 0.05) is 11.1 Å². The number of hydrogen-bond acceptors (Lipinski definition) is 3. The zero-order chi connectivity index (χ0) is 12.3. The Bertz CT molecular complexity index is 509. The average Bonchev–Trinajstić information content (AvgIpc) is 2.34. The van der Waals surface area contributed by atoms with Gasteiger partial charge in [-0.25, -0.2) is 0 Å². The van der Waals surface area contributed by atoms with Crippen LogP contribution >= 0.6 is 11.6 Å². The lowest BCUT2D eigenvalue weighted by molar-refractivity contribution is 0.405. The molecule has 0 aliphatic heterocycles. The van der Waals surface area contributed by atoms with E-state index < -0.39 is 0 Å². The van der Waals surface area contributed by atoms with E-state index in [1.165, 1.54) is 6.07 Å². The van der Waals surface area contributed by atoms with E-state index in [0.29, 0.717) is 16.5 Å². The molecule has 2 aromatic rings. The average molecular weight is 251 g/mol. The molecular formula is C13H11ClO3. The highest BCUT2D eigenvalue weighted by molar-refractivity contribution is 6.30. The molecule has 88 valence electrons. The van der Waals surface area contributed by atoms with Crippen molar-refractivity contribution in [3.8, 4) is 23.0 Å². The summed E-state index contributed by atoms with van der Waals surface area (Å²) in [6.07, 6.45) is 0. The topological polar surface area (TPSA) is 38.7 Å². The zero-order valence-electron chi connectivity index (χ0n) is 9.18. The van der Waals surface area contributed by atoms with Crippen LogP contribution in [-0.2, 0) is 0 Å². The smallest absolute Gasteiger partial charge is 0.169 e. The molecule has 0 saturated carbocycles. The predicted molar refractivity (Wildman–Crippen MR) is 66.2 cm³/mol. The van der Waals surface area contributed by atoms with Crippen LogP contribution in [0, 0.1) is 0 Å². The van der Waals surface area contributed by atoms with Crippen molar-refractivity contribution in [1.29, 1.82) is 0 Å². The molecule has 0 fully saturated rings. The van der Waals surface area contributed by atoms with E-state index >= 15 is 0 Å². The van der Waals surface area contributed by atoms with Crippen molar-refractivity contribution in [3.05, 3.63) is 47.5 Å². The van der Waals surface area contributed by atoms with Gasteiger partial charge in [0.1, 0.15) is 11.5 Å². The van der Waals surface area contributed by atoms with Crippen LogP contribution in [0.25, 0.3) is 0 Å². The van der Waals surface area contributed by atoms with Crippen molar-refractivity contribution < 1.29 is 14.6 Å². The van der Waals surface area contributed by atoms with Crippen LogP contribution in [0.4, 0.5) is 0 Å². The summed E-state index contributed by atoms with van der Waals surface area (Å²) in [4.78, 5) is 0. The summed E-state index contributed by atoms with van der Waals surface area (Å²) in [5.74, 6) is 1.73. The van der Waals surface area contributed by atoms with Gasteiger partial charge in [0.2, 0.25) is 0 Å². The van der Waals surface area contributed by atoms with Gasteiger partial charge in [0.25, 0.3) is 0 Å². The number of ether oxygens (including phenoxy) is 2. The molecule has 2 rings (SSSR count). The molecule has 0 aromatic heterocycles. The first-order valence-electron chi connectivity index (χ1n) is 4.99. The number of phenolic OH excluding ortho intramolecular Hbond substituents is 1. The summed E-state index contributed by atoms with van der Waals surface area (Å²) in [5, 5.41) is 10.1. The maximum atomic E-state index is 9.62. The van der Waals surface area contributed by atoms with Crippen molar-refractivity contribution in [2.75, 3.05) is 7.11 Å². The highest BCUT2D eigenvalue weighted by atomic mass is 35.5. The van der Waals surface area contributed by atoms with Crippen LogP contribution < -0.4 is 9.47 Å². The monoisotopic (exact) mass is 250 g/mol. The van der Waals surface area contributed by atoms with Crippen molar-refractivity contribution >= 4 is 11.6 Å². The van der Waals surface area contributed by atoms with Crippen LogP contribution in [0.2, 0.25) is 5.02 Å². The van der Waals surface area contributed by atoms with Crippen molar-refractivity contribution in [2.24, 2.45) is 0 Å². The zero-order valence-corrected chi connectivity index (χ0v) is 9.94. The Balaban J connectivity index is 2.19. The minimum absolute atomic E-state index is 0.00770.